The largest absolute Gasteiger partial charge is 0.416 e. The number of nitrogens with zero attached hydrogens (tertiary/aromatic N) is 5. The van der Waals surface area contributed by atoms with Gasteiger partial charge < -0.3 is 0 Å². The summed E-state index contributed by atoms with van der Waals surface area (Å²) in [5, 5.41) is 2.68. The van der Waals surface area contributed by atoms with Crippen molar-refractivity contribution in [3.63, 3.8) is 0 Å². The van der Waals surface area contributed by atoms with Gasteiger partial charge in [-0.25, -0.2) is 15.0 Å². The summed E-state index contributed by atoms with van der Waals surface area (Å²) >= 11 is 1.44. The predicted molar refractivity (Wildman–Crippen MR) is 116 cm³/mol. The zero-order chi connectivity index (χ0) is 22.1. The summed E-state index contributed by atoms with van der Waals surface area (Å²) < 4.78 is 38.3. The Labute approximate surface area is 186 Å². The van der Waals surface area contributed by atoms with E-state index in [0.29, 0.717) is 17.9 Å². The third-order valence-electron chi connectivity index (χ3n) is 5.33. The summed E-state index contributed by atoms with van der Waals surface area (Å²) in [4.78, 5) is 20.3. The molecule has 9 heteroatoms. The molecule has 32 heavy (non-hydrogen) atoms. The van der Waals surface area contributed by atoms with Crippen LogP contribution in [0.2, 0.25) is 0 Å². The molecule has 3 aromatic heterocycles. The molecule has 0 spiro atoms. The first-order valence-electron chi connectivity index (χ1n) is 10.1. The van der Waals surface area contributed by atoms with E-state index in [1.165, 1.54) is 23.5 Å². The van der Waals surface area contributed by atoms with E-state index in [-0.39, 0.29) is 0 Å². The van der Waals surface area contributed by atoms with Gasteiger partial charge in [0.05, 0.1) is 17.0 Å². The summed E-state index contributed by atoms with van der Waals surface area (Å²) in [5.74, 6) is 0.686. The van der Waals surface area contributed by atoms with Crippen LogP contribution in [-0.2, 0) is 25.7 Å². The van der Waals surface area contributed by atoms with E-state index in [0.717, 1.165) is 59.2 Å². The molecule has 0 saturated carbocycles. The normalized spacial score (nSPS) is 14.3. The van der Waals surface area contributed by atoms with Gasteiger partial charge in [-0.2, -0.15) is 13.2 Å². The van der Waals surface area contributed by atoms with E-state index in [4.69, 9.17) is 4.98 Å². The van der Waals surface area contributed by atoms with Crippen molar-refractivity contribution in [3.05, 3.63) is 82.9 Å². The molecule has 0 aliphatic carbocycles. The highest BCUT2D eigenvalue weighted by molar-refractivity contribution is 7.13. The van der Waals surface area contributed by atoms with Gasteiger partial charge in [0.15, 0.2) is 5.82 Å². The van der Waals surface area contributed by atoms with Crippen molar-refractivity contribution in [1.82, 2.24) is 24.8 Å². The van der Waals surface area contributed by atoms with Crippen molar-refractivity contribution in [2.45, 2.75) is 25.7 Å². The lowest BCUT2D eigenvalue weighted by Crippen LogP contribution is -2.31. The van der Waals surface area contributed by atoms with Crippen LogP contribution in [0.4, 0.5) is 13.2 Å². The van der Waals surface area contributed by atoms with Crippen molar-refractivity contribution in [2.24, 2.45) is 0 Å². The van der Waals surface area contributed by atoms with Crippen LogP contribution in [0, 0.1) is 0 Å². The summed E-state index contributed by atoms with van der Waals surface area (Å²) in [5.41, 5.74) is 3.99. The monoisotopic (exact) mass is 453 g/mol. The minimum absolute atomic E-state index is 0.654. The van der Waals surface area contributed by atoms with Crippen LogP contribution in [-0.4, -0.2) is 31.4 Å². The standard InChI is InChI=1S/C23H18F3N5S/c24-23(25,26)18-5-3-15(4-6-18)22-29-19(14-32-22)13-31-9-7-20-17(12-31)11-28-21(30-20)16-2-1-8-27-10-16/h1-6,8,10-11,14H,7,9,12-13H2. The summed E-state index contributed by atoms with van der Waals surface area (Å²) in [6.45, 7) is 2.25. The van der Waals surface area contributed by atoms with Crippen molar-refractivity contribution in [1.29, 1.82) is 0 Å². The van der Waals surface area contributed by atoms with Crippen LogP contribution >= 0.6 is 11.3 Å². The van der Waals surface area contributed by atoms with Crippen LogP contribution in [0.1, 0.15) is 22.5 Å². The molecule has 0 N–H and O–H groups in total. The molecule has 1 aromatic carbocycles. The molecule has 0 bridgehead atoms. The Hall–Kier alpha value is -3.17. The van der Waals surface area contributed by atoms with Gasteiger partial charge in [-0.1, -0.05) is 12.1 Å². The molecule has 5 rings (SSSR count). The number of aromatic nitrogens is 4. The van der Waals surface area contributed by atoms with Gasteiger partial charge in [-0.15, -0.1) is 11.3 Å². The highest BCUT2D eigenvalue weighted by atomic mass is 32.1. The molecule has 0 atom stereocenters. The Morgan fingerprint density at radius 1 is 1.00 bits per heavy atom. The van der Waals surface area contributed by atoms with Crippen LogP contribution in [0.15, 0.2) is 60.4 Å². The maximum atomic E-state index is 12.8. The van der Waals surface area contributed by atoms with E-state index in [1.54, 1.807) is 12.4 Å². The number of rotatable bonds is 4. The lowest BCUT2D eigenvalue weighted by atomic mass is 10.1. The Morgan fingerprint density at radius 2 is 1.84 bits per heavy atom. The third kappa shape index (κ3) is 4.39. The second kappa shape index (κ2) is 8.40. The van der Waals surface area contributed by atoms with Crippen molar-refractivity contribution >= 4 is 11.3 Å². The molecular weight excluding hydrogens is 435 g/mol. The predicted octanol–water partition coefficient (Wildman–Crippen LogP) is 5.24. The number of benzene rings is 1. The second-order valence-corrected chi connectivity index (χ2v) is 8.45. The van der Waals surface area contributed by atoms with Gasteiger partial charge >= 0.3 is 6.18 Å². The summed E-state index contributed by atoms with van der Waals surface area (Å²) in [6.07, 6.45) is 1.85. The highest BCUT2D eigenvalue weighted by Crippen LogP contribution is 2.32. The summed E-state index contributed by atoms with van der Waals surface area (Å²) in [6, 6.07) is 8.95. The van der Waals surface area contributed by atoms with Crippen LogP contribution in [0.3, 0.4) is 0 Å². The first kappa shape index (κ1) is 20.7. The van der Waals surface area contributed by atoms with Gasteiger partial charge in [0.25, 0.3) is 0 Å². The van der Waals surface area contributed by atoms with E-state index in [1.807, 2.05) is 23.7 Å². The zero-order valence-corrected chi connectivity index (χ0v) is 17.7. The fourth-order valence-electron chi connectivity index (χ4n) is 3.69. The van der Waals surface area contributed by atoms with Gasteiger partial charge in [-0.05, 0) is 24.3 Å². The van der Waals surface area contributed by atoms with E-state index in [9.17, 15) is 13.2 Å². The lowest BCUT2D eigenvalue weighted by Gasteiger charge is -2.27. The van der Waals surface area contributed by atoms with E-state index < -0.39 is 11.7 Å². The molecule has 4 heterocycles. The zero-order valence-electron chi connectivity index (χ0n) is 16.9. The number of thiazole rings is 1. The molecule has 0 unspecified atom stereocenters. The fourth-order valence-corrected chi connectivity index (χ4v) is 4.50. The third-order valence-corrected chi connectivity index (χ3v) is 6.27. The van der Waals surface area contributed by atoms with Crippen LogP contribution < -0.4 is 0 Å². The Kier molecular flexibility index (Phi) is 5.44. The first-order chi connectivity index (χ1) is 15.5. The number of hydrogen-bond acceptors (Lipinski definition) is 6. The number of alkyl halides is 3. The SMILES string of the molecule is FC(F)(F)c1ccc(-c2nc(CN3CCc4nc(-c5cccnc5)ncc4C3)cs2)cc1. The molecule has 4 aromatic rings. The Bertz CT molecular complexity index is 1220. The molecule has 5 nitrogen and oxygen atoms in total. The number of pyridine rings is 1. The van der Waals surface area contributed by atoms with Gasteiger partial charge in [0.1, 0.15) is 5.01 Å². The van der Waals surface area contributed by atoms with Crippen molar-refractivity contribution in [2.75, 3.05) is 6.54 Å². The highest BCUT2D eigenvalue weighted by Gasteiger charge is 2.30. The second-order valence-electron chi connectivity index (χ2n) is 7.59. The van der Waals surface area contributed by atoms with Gasteiger partial charge in [0, 0.05) is 66.7 Å². The maximum Gasteiger partial charge on any atom is 0.416 e. The summed E-state index contributed by atoms with van der Waals surface area (Å²) in [7, 11) is 0. The minimum atomic E-state index is -4.33. The van der Waals surface area contributed by atoms with Gasteiger partial charge in [0.2, 0.25) is 0 Å². The lowest BCUT2D eigenvalue weighted by molar-refractivity contribution is -0.137. The average Bonchev–Trinajstić information content (AvgIpc) is 3.27. The maximum absolute atomic E-state index is 12.8. The molecule has 0 radical (unpaired) electrons. The van der Waals surface area contributed by atoms with Crippen LogP contribution in [0.5, 0.6) is 0 Å². The molecule has 0 saturated heterocycles. The number of hydrogen-bond donors (Lipinski definition) is 0. The van der Waals surface area contributed by atoms with E-state index in [2.05, 4.69) is 19.9 Å². The Morgan fingerprint density at radius 3 is 2.59 bits per heavy atom. The topological polar surface area (TPSA) is 54.8 Å². The molecule has 162 valence electrons. The van der Waals surface area contributed by atoms with Crippen molar-refractivity contribution in [3.8, 4) is 22.0 Å². The molecule has 0 amide bonds. The number of fused-ring (bicyclic) bond motifs is 1. The first-order valence-corrected chi connectivity index (χ1v) is 10.9. The van der Waals surface area contributed by atoms with Crippen molar-refractivity contribution < 1.29 is 13.2 Å². The average molecular weight is 453 g/mol. The Balaban J connectivity index is 1.26. The van der Waals surface area contributed by atoms with E-state index >= 15 is 0 Å². The number of halogens is 3. The molecule has 1 aliphatic rings. The minimum Gasteiger partial charge on any atom is -0.293 e. The smallest absolute Gasteiger partial charge is 0.293 e. The quantitative estimate of drug-likeness (QED) is 0.423. The molecular formula is C23H18F3N5S. The molecule has 1 aliphatic heterocycles. The fraction of sp³-hybridized carbons (Fsp3) is 0.217. The molecule has 0 fully saturated rings. The van der Waals surface area contributed by atoms with Gasteiger partial charge in [-0.3, -0.25) is 9.88 Å². The van der Waals surface area contributed by atoms with Crippen LogP contribution in [0.25, 0.3) is 22.0 Å².